The molecule has 1 rings (SSSR count). The number of halogens is 1. The predicted molar refractivity (Wildman–Crippen MR) is 50.9 cm³/mol. The van der Waals surface area contributed by atoms with Crippen LogP contribution in [-0.4, -0.2) is 5.16 Å². The van der Waals surface area contributed by atoms with E-state index in [0.29, 0.717) is 5.02 Å². The molecular weight excluding hydrogens is 178 g/mol. The molecule has 0 aliphatic carbocycles. The van der Waals surface area contributed by atoms with E-state index in [1.165, 1.54) is 0 Å². The molecule has 11 heavy (non-hydrogen) atoms. The molecule has 0 amide bonds. The SMILES string of the molecule is Cc1cc(Cl)ccc1N=C=S. The van der Waals surface area contributed by atoms with Crippen LogP contribution in [0, 0.1) is 6.92 Å². The molecule has 0 fully saturated rings. The van der Waals surface area contributed by atoms with Crippen molar-refractivity contribution in [3.8, 4) is 0 Å². The molecule has 56 valence electrons. The molecule has 0 unspecified atom stereocenters. The van der Waals surface area contributed by atoms with E-state index in [9.17, 15) is 0 Å². The van der Waals surface area contributed by atoms with E-state index in [2.05, 4.69) is 22.4 Å². The average molecular weight is 184 g/mol. The van der Waals surface area contributed by atoms with Crippen LogP contribution >= 0.6 is 23.8 Å². The third kappa shape index (κ3) is 2.12. The molecular formula is C8H6ClNS. The summed E-state index contributed by atoms with van der Waals surface area (Å²) < 4.78 is 0. The van der Waals surface area contributed by atoms with Gasteiger partial charge in [0, 0.05) is 5.02 Å². The van der Waals surface area contributed by atoms with Crippen molar-refractivity contribution in [1.82, 2.24) is 0 Å². The Morgan fingerprint density at radius 3 is 2.82 bits per heavy atom. The Balaban J connectivity index is 3.19. The van der Waals surface area contributed by atoms with Crippen molar-refractivity contribution in [1.29, 1.82) is 0 Å². The van der Waals surface area contributed by atoms with Crippen molar-refractivity contribution in [2.24, 2.45) is 4.99 Å². The van der Waals surface area contributed by atoms with Crippen molar-refractivity contribution in [3.63, 3.8) is 0 Å². The summed E-state index contributed by atoms with van der Waals surface area (Å²) in [7, 11) is 0. The van der Waals surface area contributed by atoms with Crippen molar-refractivity contribution in [3.05, 3.63) is 28.8 Å². The number of thiocarbonyl (C=S) groups is 1. The fourth-order valence-electron chi connectivity index (χ4n) is 0.793. The maximum atomic E-state index is 5.73. The lowest BCUT2D eigenvalue weighted by molar-refractivity contribution is 1.41. The highest BCUT2D eigenvalue weighted by Gasteiger charge is 1.94. The first kappa shape index (κ1) is 8.41. The van der Waals surface area contributed by atoms with Crippen LogP contribution in [0.3, 0.4) is 0 Å². The smallest absolute Gasteiger partial charge is 0.0769 e. The molecule has 0 spiro atoms. The molecule has 0 aromatic heterocycles. The van der Waals surface area contributed by atoms with Gasteiger partial charge in [-0.3, -0.25) is 0 Å². The lowest BCUT2D eigenvalue weighted by Gasteiger charge is -1.96. The minimum atomic E-state index is 0.714. The second kappa shape index (κ2) is 3.63. The molecule has 0 bridgehead atoms. The maximum absolute atomic E-state index is 5.73. The van der Waals surface area contributed by atoms with Crippen LogP contribution in [0.5, 0.6) is 0 Å². The third-order valence-corrected chi connectivity index (χ3v) is 1.65. The highest BCUT2D eigenvalue weighted by molar-refractivity contribution is 7.78. The second-order valence-electron chi connectivity index (χ2n) is 2.13. The largest absolute Gasteiger partial charge is 0.194 e. The lowest BCUT2D eigenvalue weighted by Crippen LogP contribution is -1.72. The number of nitrogens with zero attached hydrogens (tertiary/aromatic N) is 1. The van der Waals surface area contributed by atoms with Gasteiger partial charge in [0.1, 0.15) is 0 Å². The normalized spacial score (nSPS) is 8.91. The topological polar surface area (TPSA) is 12.4 Å². The quantitative estimate of drug-likeness (QED) is 0.480. The molecule has 1 aromatic rings. The van der Waals surface area contributed by atoms with Crippen LogP contribution in [0.2, 0.25) is 5.02 Å². The minimum absolute atomic E-state index is 0.714. The molecule has 3 heteroatoms. The molecule has 1 aromatic carbocycles. The number of hydrogen-bond donors (Lipinski definition) is 0. The Labute approximate surface area is 75.7 Å². The molecule has 0 aliphatic heterocycles. The van der Waals surface area contributed by atoms with Crippen LogP contribution in [-0.2, 0) is 0 Å². The first-order valence-corrected chi connectivity index (χ1v) is 3.86. The Morgan fingerprint density at radius 1 is 1.55 bits per heavy atom. The van der Waals surface area contributed by atoms with Crippen LogP contribution < -0.4 is 0 Å². The standard InChI is InChI=1S/C8H6ClNS/c1-6-4-7(9)2-3-8(6)10-5-11/h2-4H,1H3. The zero-order valence-corrected chi connectivity index (χ0v) is 7.54. The van der Waals surface area contributed by atoms with Crippen LogP contribution in [0.1, 0.15) is 5.56 Å². The summed E-state index contributed by atoms with van der Waals surface area (Å²) >= 11 is 10.2. The van der Waals surface area contributed by atoms with E-state index in [-0.39, 0.29) is 0 Å². The van der Waals surface area contributed by atoms with E-state index in [1.807, 2.05) is 19.1 Å². The first-order valence-electron chi connectivity index (χ1n) is 3.08. The number of benzene rings is 1. The van der Waals surface area contributed by atoms with E-state index in [1.54, 1.807) is 6.07 Å². The van der Waals surface area contributed by atoms with Crippen molar-refractivity contribution < 1.29 is 0 Å². The highest BCUT2D eigenvalue weighted by Crippen LogP contribution is 2.21. The van der Waals surface area contributed by atoms with Gasteiger partial charge in [0.05, 0.1) is 10.8 Å². The summed E-state index contributed by atoms with van der Waals surface area (Å²) in [6.07, 6.45) is 0. The summed E-state index contributed by atoms with van der Waals surface area (Å²) in [5.41, 5.74) is 1.83. The second-order valence-corrected chi connectivity index (χ2v) is 2.75. The monoisotopic (exact) mass is 183 g/mol. The molecule has 0 atom stereocenters. The van der Waals surface area contributed by atoms with Crippen LogP contribution in [0.25, 0.3) is 0 Å². The number of isothiocyanates is 1. The number of aliphatic imine (C=N–C) groups is 1. The van der Waals surface area contributed by atoms with Crippen molar-refractivity contribution in [2.75, 3.05) is 0 Å². The maximum Gasteiger partial charge on any atom is 0.0769 e. The zero-order valence-electron chi connectivity index (χ0n) is 5.97. The summed E-state index contributed by atoms with van der Waals surface area (Å²) in [6.45, 7) is 1.93. The van der Waals surface area contributed by atoms with Gasteiger partial charge in [-0.25, -0.2) is 0 Å². The minimum Gasteiger partial charge on any atom is -0.194 e. The van der Waals surface area contributed by atoms with Gasteiger partial charge in [-0.2, -0.15) is 4.99 Å². The molecule has 0 N–H and O–H groups in total. The average Bonchev–Trinajstić information content (AvgIpc) is 1.95. The molecule has 0 aliphatic rings. The van der Waals surface area contributed by atoms with E-state index in [0.717, 1.165) is 11.3 Å². The zero-order chi connectivity index (χ0) is 8.27. The molecule has 0 heterocycles. The Bertz CT molecular complexity index is 316. The van der Waals surface area contributed by atoms with E-state index < -0.39 is 0 Å². The van der Waals surface area contributed by atoms with Gasteiger partial charge >= 0.3 is 0 Å². The van der Waals surface area contributed by atoms with Crippen LogP contribution in [0.15, 0.2) is 23.2 Å². The fourth-order valence-corrected chi connectivity index (χ4v) is 1.12. The molecule has 1 nitrogen and oxygen atoms in total. The number of hydrogen-bond acceptors (Lipinski definition) is 2. The number of aryl methyl sites for hydroxylation is 1. The van der Waals surface area contributed by atoms with Gasteiger partial charge in [-0.1, -0.05) is 11.6 Å². The molecule has 0 saturated carbocycles. The molecule has 0 saturated heterocycles. The van der Waals surface area contributed by atoms with Crippen molar-refractivity contribution >= 4 is 34.7 Å². The van der Waals surface area contributed by atoms with Gasteiger partial charge in [0.25, 0.3) is 0 Å². The van der Waals surface area contributed by atoms with Crippen LogP contribution in [0.4, 0.5) is 5.69 Å². The summed E-state index contributed by atoms with van der Waals surface area (Å²) in [6, 6.07) is 5.43. The first-order chi connectivity index (χ1) is 5.24. The fraction of sp³-hybridized carbons (Fsp3) is 0.125. The Hall–Kier alpha value is -0.690. The van der Waals surface area contributed by atoms with Gasteiger partial charge in [-0.05, 0) is 42.9 Å². The predicted octanol–water partition coefficient (Wildman–Crippen LogP) is 3.38. The van der Waals surface area contributed by atoms with Gasteiger partial charge in [0.15, 0.2) is 0 Å². The highest BCUT2D eigenvalue weighted by atomic mass is 35.5. The lowest BCUT2D eigenvalue weighted by atomic mass is 10.2. The third-order valence-electron chi connectivity index (χ3n) is 1.32. The van der Waals surface area contributed by atoms with Crippen molar-refractivity contribution in [2.45, 2.75) is 6.92 Å². The number of rotatable bonds is 1. The summed E-state index contributed by atoms with van der Waals surface area (Å²) in [4.78, 5) is 3.85. The van der Waals surface area contributed by atoms with Gasteiger partial charge in [-0.15, -0.1) is 0 Å². The summed E-state index contributed by atoms with van der Waals surface area (Å²) in [5.74, 6) is 0. The Morgan fingerprint density at radius 2 is 2.27 bits per heavy atom. The summed E-state index contributed by atoms with van der Waals surface area (Å²) in [5, 5.41) is 3.02. The van der Waals surface area contributed by atoms with Gasteiger partial charge < -0.3 is 0 Å². The van der Waals surface area contributed by atoms with E-state index >= 15 is 0 Å². The molecule has 0 radical (unpaired) electrons. The Kier molecular flexibility index (Phi) is 2.77. The van der Waals surface area contributed by atoms with E-state index in [4.69, 9.17) is 11.6 Å². The van der Waals surface area contributed by atoms with Gasteiger partial charge in [0.2, 0.25) is 0 Å².